The number of halogens is 4. The second-order valence-electron chi connectivity index (χ2n) is 6.26. The molecular weight excluding hydrogens is 292 g/mol. The summed E-state index contributed by atoms with van der Waals surface area (Å²) in [6.45, 7) is 5.05. The number of carbonyl (C=O) groups is 2. The lowest BCUT2D eigenvalue weighted by Gasteiger charge is -2.43. The van der Waals surface area contributed by atoms with E-state index in [1.807, 2.05) is 0 Å². The van der Waals surface area contributed by atoms with E-state index < -0.39 is 48.2 Å². The van der Waals surface area contributed by atoms with E-state index >= 15 is 0 Å². The molecule has 8 heteroatoms. The van der Waals surface area contributed by atoms with Crippen molar-refractivity contribution in [2.75, 3.05) is 6.54 Å². The van der Waals surface area contributed by atoms with E-state index in [1.54, 1.807) is 20.8 Å². The zero-order valence-corrected chi connectivity index (χ0v) is 12.4. The van der Waals surface area contributed by atoms with Gasteiger partial charge in [-0.1, -0.05) is 27.7 Å². The number of rotatable bonds is 4. The number of carbonyl (C=O) groups excluding carboxylic acids is 2. The van der Waals surface area contributed by atoms with E-state index in [-0.39, 0.29) is 6.42 Å². The monoisotopic (exact) mass is 312 g/mol. The minimum absolute atomic E-state index is 0.0771. The van der Waals surface area contributed by atoms with Crippen molar-refractivity contribution >= 4 is 11.8 Å². The SMILES string of the molecule is CCC1C(=O)NC(C(C)(C)C)C(=O)N1CC(F)(F)C(F)F. The van der Waals surface area contributed by atoms with Crippen molar-refractivity contribution in [1.29, 1.82) is 0 Å². The van der Waals surface area contributed by atoms with Gasteiger partial charge < -0.3 is 10.2 Å². The van der Waals surface area contributed by atoms with Crippen molar-refractivity contribution in [2.45, 2.75) is 58.5 Å². The third kappa shape index (κ3) is 3.65. The Labute approximate surface area is 120 Å². The van der Waals surface area contributed by atoms with Gasteiger partial charge in [0.2, 0.25) is 11.8 Å². The predicted molar refractivity (Wildman–Crippen MR) is 68.1 cm³/mol. The van der Waals surface area contributed by atoms with Crippen LogP contribution in [0.15, 0.2) is 0 Å². The zero-order chi connectivity index (χ0) is 16.6. The van der Waals surface area contributed by atoms with Crippen LogP contribution in [0.5, 0.6) is 0 Å². The first-order valence-corrected chi connectivity index (χ1v) is 6.68. The van der Waals surface area contributed by atoms with Gasteiger partial charge in [-0.05, 0) is 11.8 Å². The second-order valence-corrected chi connectivity index (χ2v) is 6.26. The molecule has 1 aliphatic heterocycles. The molecular formula is C13H20F4N2O2. The molecule has 1 heterocycles. The van der Waals surface area contributed by atoms with Crippen molar-refractivity contribution in [2.24, 2.45) is 5.41 Å². The average Bonchev–Trinajstić information content (AvgIpc) is 2.31. The first kappa shape index (κ1) is 17.7. The van der Waals surface area contributed by atoms with Crippen LogP contribution in [-0.2, 0) is 9.59 Å². The Morgan fingerprint density at radius 3 is 2.14 bits per heavy atom. The van der Waals surface area contributed by atoms with Crippen LogP contribution in [0.4, 0.5) is 17.6 Å². The van der Waals surface area contributed by atoms with Crippen LogP contribution in [0, 0.1) is 5.41 Å². The summed E-state index contributed by atoms with van der Waals surface area (Å²) >= 11 is 0. The van der Waals surface area contributed by atoms with Gasteiger partial charge in [-0.15, -0.1) is 0 Å². The number of hydrogen-bond acceptors (Lipinski definition) is 2. The maximum atomic E-state index is 13.3. The van der Waals surface area contributed by atoms with E-state index in [4.69, 9.17) is 0 Å². The molecule has 0 aromatic carbocycles. The molecule has 0 aliphatic carbocycles. The summed E-state index contributed by atoms with van der Waals surface area (Å²) in [5.74, 6) is -5.69. The van der Waals surface area contributed by atoms with Gasteiger partial charge in [-0.3, -0.25) is 9.59 Å². The molecule has 1 aliphatic rings. The van der Waals surface area contributed by atoms with Crippen LogP contribution in [0.3, 0.4) is 0 Å². The lowest BCUT2D eigenvalue weighted by atomic mass is 9.83. The fourth-order valence-corrected chi connectivity index (χ4v) is 2.24. The summed E-state index contributed by atoms with van der Waals surface area (Å²) in [7, 11) is 0. The van der Waals surface area contributed by atoms with Gasteiger partial charge in [0.1, 0.15) is 12.1 Å². The highest BCUT2D eigenvalue weighted by molar-refractivity contribution is 5.97. The highest BCUT2D eigenvalue weighted by Crippen LogP contribution is 2.30. The Morgan fingerprint density at radius 1 is 1.24 bits per heavy atom. The Hall–Kier alpha value is -1.34. The molecule has 0 aromatic heterocycles. The smallest absolute Gasteiger partial charge is 0.324 e. The molecule has 2 atom stereocenters. The van der Waals surface area contributed by atoms with Crippen LogP contribution < -0.4 is 5.32 Å². The molecule has 122 valence electrons. The summed E-state index contributed by atoms with van der Waals surface area (Å²) in [5.41, 5.74) is -0.705. The summed E-state index contributed by atoms with van der Waals surface area (Å²) < 4.78 is 51.3. The first-order valence-electron chi connectivity index (χ1n) is 6.68. The normalized spacial score (nSPS) is 24.5. The molecule has 0 saturated carbocycles. The van der Waals surface area contributed by atoms with Crippen LogP contribution >= 0.6 is 0 Å². The minimum atomic E-state index is -4.34. The molecule has 1 saturated heterocycles. The summed E-state index contributed by atoms with van der Waals surface area (Å²) in [4.78, 5) is 24.9. The van der Waals surface area contributed by atoms with E-state index in [2.05, 4.69) is 5.32 Å². The Bertz CT molecular complexity index is 421. The van der Waals surface area contributed by atoms with Crippen molar-refractivity contribution in [3.63, 3.8) is 0 Å². The number of amides is 2. The maximum Gasteiger partial charge on any atom is 0.324 e. The Balaban J connectivity index is 3.11. The lowest BCUT2D eigenvalue weighted by Crippen LogP contribution is -2.68. The number of piperazine rings is 1. The molecule has 2 unspecified atom stereocenters. The van der Waals surface area contributed by atoms with E-state index in [9.17, 15) is 27.2 Å². The Morgan fingerprint density at radius 2 is 1.76 bits per heavy atom. The van der Waals surface area contributed by atoms with E-state index in [1.165, 1.54) is 6.92 Å². The van der Waals surface area contributed by atoms with Crippen LogP contribution in [0.1, 0.15) is 34.1 Å². The van der Waals surface area contributed by atoms with E-state index in [0.29, 0.717) is 4.90 Å². The van der Waals surface area contributed by atoms with Gasteiger partial charge >= 0.3 is 12.3 Å². The molecule has 1 N–H and O–H groups in total. The second kappa shape index (κ2) is 5.81. The topological polar surface area (TPSA) is 49.4 Å². The maximum absolute atomic E-state index is 13.3. The van der Waals surface area contributed by atoms with Gasteiger partial charge in [0, 0.05) is 0 Å². The van der Waals surface area contributed by atoms with Crippen molar-refractivity contribution < 1.29 is 27.2 Å². The standard InChI is InChI=1S/C13H20F4N2O2/c1-5-7-9(20)18-8(12(2,3)4)10(21)19(7)6-13(16,17)11(14)15/h7-8,11H,5-6H2,1-4H3,(H,18,20). The first-order chi connectivity index (χ1) is 9.41. The highest BCUT2D eigenvalue weighted by atomic mass is 19.3. The summed E-state index contributed by atoms with van der Waals surface area (Å²) in [6.07, 6.45) is -3.81. The number of nitrogens with one attached hydrogen (secondary N) is 1. The molecule has 0 spiro atoms. The van der Waals surface area contributed by atoms with Crippen molar-refractivity contribution in [3.8, 4) is 0 Å². The van der Waals surface area contributed by atoms with Crippen molar-refractivity contribution in [1.82, 2.24) is 10.2 Å². The molecule has 0 bridgehead atoms. The number of alkyl halides is 4. The zero-order valence-electron chi connectivity index (χ0n) is 12.4. The minimum Gasteiger partial charge on any atom is -0.342 e. The summed E-state index contributed by atoms with van der Waals surface area (Å²) in [6, 6.07) is -2.16. The fourth-order valence-electron chi connectivity index (χ4n) is 2.24. The number of nitrogens with zero attached hydrogens (tertiary/aromatic N) is 1. The third-order valence-electron chi connectivity index (χ3n) is 3.45. The van der Waals surface area contributed by atoms with Gasteiger partial charge in [0.15, 0.2) is 0 Å². The molecule has 1 rings (SSSR count). The van der Waals surface area contributed by atoms with Crippen LogP contribution in [-0.4, -0.2) is 47.7 Å². The largest absolute Gasteiger partial charge is 0.342 e. The lowest BCUT2D eigenvalue weighted by molar-refractivity contribution is -0.172. The van der Waals surface area contributed by atoms with Gasteiger partial charge in [0.25, 0.3) is 0 Å². The molecule has 0 aromatic rings. The number of hydrogen-bond donors (Lipinski definition) is 1. The molecule has 21 heavy (non-hydrogen) atoms. The van der Waals surface area contributed by atoms with E-state index in [0.717, 1.165) is 0 Å². The van der Waals surface area contributed by atoms with Crippen LogP contribution in [0.25, 0.3) is 0 Å². The average molecular weight is 312 g/mol. The molecule has 2 amide bonds. The predicted octanol–water partition coefficient (Wildman–Crippen LogP) is 2.04. The highest BCUT2D eigenvalue weighted by Gasteiger charge is 2.50. The Kier molecular flexibility index (Phi) is 4.90. The third-order valence-corrected chi connectivity index (χ3v) is 3.45. The quantitative estimate of drug-likeness (QED) is 0.808. The van der Waals surface area contributed by atoms with Gasteiger partial charge in [-0.25, -0.2) is 8.78 Å². The van der Waals surface area contributed by atoms with Crippen LogP contribution in [0.2, 0.25) is 0 Å². The van der Waals surface area contributed by atoms with Crippen molar-refractivity contribution in [3.05, 3.63) is 0 Å². The molecule has 0 radical (unpaired) electrons. The van der Waals surface area contributed by atoms with Gasteiger partial charge in [0.05, 0.1) is 6.54 Å². The van der Waals surface area contributed by atoms with Gasteiger partial charge in [-0.2, -0.15) is 8.78 Å². The summed E-state index contributed by atoms with van der Waals surface area (Å²) in [5, 5.41) is 2.49. The molecule has 4 nitrogen and oxygen atoms in total. The fraction of sp³-hybridized carbons (Fsp3) is 0.846. The molecule has 1 fully saturated rings.